The van der Waals surface area contributed by atoms with Crippen LogP contribution in [0.1, 0.15) is 28.9 Å². The molecule has 0 saturated carbocycles. The van der Waals surface area contributed by atoms with E-state index in [1.807, 2.05) is 19.2 Å². The smallest absolute Gasteiger partial charge is 0.254 e. The normalized spacial score (nSPS) is 14.3. The number of hydrogen-bond acceptors (Lipinski definition) is 5. The topological polar surface area (TPSA) is 81.7 Å². The van der Waals surface area contributed by atoms with Crippen LogP contribution in [0.15, 0.2) is 18.2 Å². The van der Waals surface area contributed by atoms with Gasteiger partial charge in [-0.3, -0.25) is 4.79 Å². The van der Waals surface area contributed by atoms with E-state index in [2.05, 4.69) is 32.0 Å². The van der Waals surface area contributed by atoms with E-state index >= 15 is 0 Å². The highest BCUT2D eigenvalue weighted by molar-refractivity contribution is 5.97. The molecule has 1 amide bonds. The fourth-order valence-electron chi connectivity index (χ4n) is 3.01. The van der Waals surface area contributed by atoms with Gasteiger partial charge in [-0.15, -0.1) is 15.3 Å². The summed E-state index contributed by atoms with van der Waals surface area (Å²) in [6.45, 7) is 3.95. The van der Waals surface area contributed by atoms with Crippen LogP contribution in [-0.2, 0) is 26.6 Å². The van der Waals surface area contributed by atoms with Gasteiger partial charge in [0.05, 0.1) is 12.1 Å². The van der Waals surface area contributed by atoms with Gasteiger partial charge in [0.15, 0.2) is 5.82 Å². The van der Waals surface area contributed by atoms with E-state index in [4.69, 9.17) is 0 Å². The Hall–Kier alpha value is -2.77. The average Bonchev–Trinajstić information content (AvgIpc) is 3.16. The molecule has 3 heterocycles. The summed E-state index contributed by atoms with van der Waals surface area (Å²) < 4.78 is 3.80. The van der Waals surface area contributed by atoms with Crippen LogP contribution in [0.4, 0.5) is 0 Å². The maximum atomic E-state index is 12.7. The van der Waals surface area contributed by atoms with E-state index in [0.717, 1.165) is 35.6 Å². The first kappa shape index (κ1) is 13.9. The lowest BCUT2D eigenvalue weighted by atomic mass is 10.1. The molecule has 0 bridgehead atoms. The minimum Gasteiger partial charge on any atom is -0.329 e. The highest BCUT2D eigenvalue weighted by Gasteiger charge is 2.25. The van der Waals surface area contributed by atoms with Crippen LogP contribution in [0.5, 0.6) is 0 Å². The number of aryl methyl sites for hydroxylation is 2. The highest BCUT2D eigenvalue weighted by atomic mass is 16.2. The molecule has 23 heavy (non-hydrogen) atoms. The van der Waals surface area contributed by atoms with Gasteiger partial charge in [0.2, 0.25) is 0 Å². The zero-order valence-corrected chi connectivity index (χ0v) is 13.1. The van der Waals surface area contributed by atoms with Crippen LogP contribution < -0.4 is 0 Å². The number of amides is 1. The van der Waals surface area contributed by atoms with Crippen LogP contribution >= 0.6 is 0 Å². The largest absolute Gasteiger partial charge is 0.329 e. The standard InChI is InChI=1S/C15H17N7O/c1-3-13-17-18-14-9-21(6-7-22(13)14)15(23)10-4-5-12-11(8-10)16-19-20(12)2/h4-5,8H,3,6-7,9H2,1-2H3. The number of aromatic nitrogens is 6. The Morgan fingerprint density at radius 3 is 2.91 bits per heavy atom. The van der Waals surface area contributed by atoms with Crippen molar-refractivity contribution in [3.05, 3.63) is 35.4 Å². The summed E-state index contributed by atoms with van der Waals surface area (Å²) in [6, 6.07) is 5.50. The second kappa shape index (κ2) is 5.15. The summed E-state index contributed by atoms with van der Waals surface area (Å²) in [5.41, 5.74) is 2.26. The fraction of sp³-hybridized carbons (Fsp3) is 0.400. The molecular formula is C15H17N7O. The zero-order chi connectivity index (χ0) is 16.0. The molecule has 8 nitrogen and oxygen atoms in total. The number of carbonyl (C=O) groups is 1. The molecule has 8 heteroatoms. The Morgan fingerprint density at radius 1 is 1.22 bits per heavy atom. The van der Waals surface area contributed by atoms with Gasteiger partial charge in [0, 0.05) is 32.1 Å². The van der Waals surface area contributed by atoms with Crippen molar-refractivity contribution < 1.29 is 4.79 Å². The van der Waals surface area contributed by atoms with Crippen LogP contribution in [-0.4, -0.2) is 47.1 Å². The molecule has 0 atom stereocenters. The molecule has 0 unspecified atom stereocenters. The van der Waals surface area contributed by atoms with Crippen molar-refractivity contribution in [2.45, 2.75) is 26.4 Å². The van der Waals surface area contributed by atoms with Crippen LogP contribution in [0.25, 0.3) is 11.0 Å². The minimum atomic E-state index is -0.00940. The second-order valence-electron chi connectivity index (χ2n) is 5.68. The van der Waals surface area contributed by atoms with E-state index in [9.17, 15) is 4.79 Å². The third-order valence-corrected chi connectivity index (χ3v) is 4.29. The maximum Gasteiger partial charge on any atom is 0.254 e. The Bertz CT molecular complexity index is 895. The van der Waals surface area contributed by atoms with Gasteiger partial charge in [0.1, 0.15) is 11.3 Å². The summed E-state index contributed by atoms with van der Waals surface area (Å²) in [5.74, 6) is 1.82. The first-order valence-electron chi connectivity index (χ1n) is 7.67. The second-order valence-corrected chi connectivity index (χ2v) is 5.68. The molecule has 1 aromatic carbocycles. The lowest BCUT2D eigenvalue weighted by Crippen LogP contribution is -2.38. The Morgan fingerprint density at radius 2 is 2.09 bits per heavy atom. The van der Waals surface area contributed by atoms with Gasteiger partial charge >= 0.3 is 0 Å². The van der Waals surface area contributed by atoms with E-state index in [1.54, 1.807) is 15.6 Å². The Balaban J connectivity index is 1.61. The van der Waals surface area contributed by atoms with E-state index in [1.165, 1.54) is 0 Å². The van der Waals surface area contributed by atoms with Crippen molar-refractivity contribution in [3.63, 3.8) is 0 Å². The van der Waals surface area contributed by atoms with E-state index in [0.29, 0.717) is 18.7 Å². The highest BCUT2D eigenvalue weighted by Crippen LogP contribution is 2.18. The quantitative estimate of drug-likeness (QED) is 0.698. The molecule has 0 aliphatic carbocycles. The van der Waals surface area contributed by atoms with E-state index < -0.39 is 0 Å². The summed E-state index contributed by atoms with van der Waals surface area (Å²) in [5, 5.41) is 16.4. The first-order valence-corrected chi connectivity index (χ1v) is 7.67. The van der Waals surface area contributed by atoms with Gasteiger partial charge < -0.3 is 9.47 Å². The van der Waals surface area contributed by atoms with Crippen molar-refractivity contribution >= 4 is 16.9 Å². The number of fused-ring (bicyclic) bond motifs is 2. The molecule has 118 valence electrons. The molecule has 2 aromatic heterocycles. The SMILES string of the molecule is CCc1nnc2n1CCN(C(=O)c1ccc3c(c1)nnn3C)C2. The molecule has 0 fully saturated rings. The van der Waals surface area contributed by atoms with Gasteiger partial charge in [-0.1, -0.05) is 12.1 Å². The van der Waals surface area contributed by atoms with Crippen molar-refractivity contribution in [2.75, 3.05) is 6.54 Å². The number of hydrogen-bond donors (Lipinski definition) is 0. The molecule has 0 N–H and O–H groups in total. The predicted octanol–water partition coefficient (Wildman–Crippen LogP) is 0.778. The molecule has 4 rings (SSSR count). The van der Waals surface area contributed by atoms with Crippen molar-refractivity contribution in [1.82, 2.24) is 34.7 Å². The van der Waals surface area contributed by atoms with Crippen molar-refractivity contribution in [2.24, 2.45) is 7.05 Å². The summed E-state index contributed by atoms with van der Waals surface area (Å²) in [4.78, 5) is 14.6. The van der Waals surface area contributed by atoms with Gasteiger partial charge in [-0.2, -0.15) is 0 Å². The Labute approximate surface area is 132 Å². The Kier molecular flexibility index (Phi) is 3.10. The molecular weight excluding hydrogens is 294 g/mol. The zero-order valence-electron chi connectivity index (χ0n) is 13.1. The molecule has 0 saturated heterocycles. The molecule has 0 spiro atoms. The third kappa shape index (κ3) is 2.18. The third-order valence-electron chi connectivity index (χ3n) is 4.29. The average molecular weight is 311 g/mol. The predicted molar refractivity (Wildman–Crippen MR) is 82.6 cm³/mol. The van der Waals surface area contributed by atoms with Crippen LogP contribution in [0.3, 0.4) is 0 Å². The first-order chi connectivity index (χ1) is 11.2. The van der Waals surface area contributed by atoms with Crippen LogP contribution in [0, 0.1) is 0 Å². The summed E-state index contributed by atoms with van der Waals surface area (Å²) >= 11 is 0. The monoisotopic (exact) mass is 311 g/mol. The number of nitrogens with zero attached hydrogens (tertiary/aromatic N) is 7. The van der Waals surface area contributed by atoms with E-state index in [-0.39, 0.29) is 5.91 Å². The fourth-order valence-corrected chi connectivity index (χ4v) is 3.01. The van der Waals surface area contributed by atoms with Crippen molar-refractivity contribution in [1.29, 1.82) is 0 Å². The van der Waals surface area contributed by atoms with Gasteiger partial charge in [-0.25, -0.2) is 4.68 Å². The maximum absolute atomic E-state index is 12.7. The number of benzene rings is 1. The lowest BCUT2D eigenvalue weighted by molar-refractivity contribution is 0.0706. The summed E-state index contributed by atoms with van der Waals surface area (Å²) in [6.07, 6.45) is 0.851. The number of rotatable bonds is 2. The molecule has 1 aliphatic heterocycles. The summed E-state index contributed by atoms with van der Waals surface area (Å²) in [7, 11) is 1.83. The molecule has 0 radical (unpaired) electrons. The lowest BCUT2D eigenvalue weighted by Gasteiger charge is -2.27. The molecule has 1 aliphatic rings. The number of carbonyl (C=O) groups excluding carboxylic acids is 1. The molecule has 3 aromatic rings. The van der Waals surface area contributed by atoms with Gasteiger partial charge in [-0.05, 0) is 18.2 Å². The van der Waals surface area contributed by atoms with Crippen LogP contribution in [0.2, 0.25) is 0 Å². The van der Waals surface area contributed by atoms with Gasteiger partial charge in [0.25, 0.3) is 5.91 Å². The van der Waals surface area contributed by atoms with Crippen molar-refractivity contribution in [3.8, 4) is 0 Å². The minimum absolute atomic E-state index is 0.00940.